The van der Waals surface area contributed by atoms with Crippen LogP contribution in [-0.4, -0.2) is 36.1 Å². The second kappa shape index (κ2) is 7.07. The van der Waals surface area contributed by atoms with E-state index in [2.05, 4.69) is 17.6 Å². The number of hydrogen-bond donors (Lipinski definition) is 3. The topological polar surface area (TPSA) is 78.4 Å². The highest BCUT2D eigenvalue weighted by atomic mass is 16.4. The number of nitrogens with one attached hydrogen (secondary N) is 2. The van der Waals surface area contributed by atoms with E-state index in [1.54, 1.807) is 0 Å². The van der Waals surface area contributed by atoms with E-state index >= 15 is 0 Å². The largest absolute Gasteiger partial charge is 0.481 e. The Morgan fingerprint density at radius 2 is 2.00 bits per heavy atom. The Bertz CT molecular complexity index is 359. The Morgan fingerprint density at radius 3 is 2.70 bits per heavy atom. The molecule has 1 saturated heterocycles. The van der Waals surface area contributed by atoms with Gasteiger partial charge in [-0.05, 0) is 45.1 Å². The molecule has 0 aromatic carbocycles. The van der Waals surface area contributed by atoms with Crippen LogP contribution in [0.4, 0.5) is 0 Å². The van der Waals surface area contributed by atoms with Crippen LogP contribution in [0.15, 0.2) is 0 Å². The molecule has 4 atom stereocenters. The molecule has 1 saturated carbocycles. The lowest BCUT2D eigenvalue weighted by Gasteiger charge is -2.30. The quantitative estimate of drug-likeness (QED) is 0.728. The minimum absolute atomic E-state index is 0.0816. The van der Waals surface area contributed by atoms with Crippen molar-refractivity contribution in [3.8, 4) is 0 Å². The molecule has 5 nitrogen and oxygen atoms in total. The first-order chi connectivity index (χ1) is 9.58. The average Bonchev–Trinajstić information content (AvgIpc) is 2.45. The number of aliphatic carboxylic acids is 1. The van der Waals surface area contributed by atoms with Crippen molar-refractivity contribution < 1.29 is 14.7 Å². The summed E-state index contributed by atoms with van der Waals surface area (Å²) in [6, 6.07) is 0.390. The molecule has 1 heterocycles. The second-order valence-corrected chi connectivity index (χ2v) is 6.31. The lowest BCUT2D eigenvalue weighted by Crippen LogP contribution is -2.44. The number of carboxylic acid groups (broad SMARTS) is 1. The summed E-state index contributed by atoms with van der Waals surface area (Å²) in [5.41, 5.74) is 0. The third kappa shape index (κ3) is 3.95. The van der Waals surface area contributed by atoms with Crippen molar-refractivity contribution in [1.29, 1.82) is 0 Å². The number of rotatable bonds is 4. The van der Waals surface area contributed by atoms with Gasteiger partial charge < -0.3 is 15.7 Å². The van der Waals surface area contributed by atoms with Crippen LogP contribution < -0.4 is 10.6 Å². The van der Waals surface area contributed by atoms with Gasteiger partial charge in [-0.25, -0.2) is 0 Å². The van der Waals surface area contributed by atoms with E-state index in [9.17, 15) is 14.7 Å². The van der Waals surface area contributed by atoms with E-state index in [0.717, 1.165) is 45.1 Å². The highest BCUT2D eigenvalue weighted by Crippen LogP contribution is 2.30. The highest BCUT2D eigenvalue weighted by Gasteiger charge is 2.32. The van der Waals surface area contributed by atoms with Crippen LogP contribution in [0.2, 0.25) is 0 Å². The van der Waals surface area contributed by atoms with Gasteiger partial charge in [-0.15, -0.1) is 0 Å². The van der Waals surface area contributed by atoms with Crippen LogP contribution >= 0.6 is 0 Å². The summed E-state index contributed by atoms with van der Waals surface area (Å²) < 4.78 is 0. The molecule has 5 heteroatoms. The Labute approximate surface area is 120 Å². The fourth-order valence-electron chi connectivity index (χ4n) is 3.52. The van der Waals surface area contributed by atoms with Gasteiger partial charge in [0.05, 0.1) is 5.92 Å². The zero-order valence-electron chi connectivity index (χ0n) is 12.2. The van der Waals surface area contributed by atoms with Crippen LogP contribution in [0.5, 0.6) is 0 Å². The molecular weight excluding hydrogens is 256 g/mol. The molecule has 0 bridgehead atoms. The molecule has 1 aliphatic carbocycles. The summed E-state index contributed by atoms with van der Waals surface area (Å²) in [5.74, 6) is -0.703. The van der Waals surface area contributed by atoms with Crippen molar-refractivity contribution in [3.63, 3.8) is 0 Å². The summed E-state index contributed by atoms with van der Waals surface area (Å²) in [6.07, 6.45) is 5.49. The van der Waals surface area contributed by atoms with E-state index in [4.69, 9.17) is 0 Å². The number of amides is 1. The summed E-state index contributed by atoms with van der Waals surface area (Å²) in [7, 11) is 0. The average molecular weight is 282 g/mol. The third-order valence-corrected chi connectivity index (χ3v) is 4.76. The Balaban J connectivity index is 1.81. The smallest absolute Gasteiger partial charge is 0.306 e. The summed E-state index contributed by atoms with van der Waals surface area (Å²) >= 11 is 0. The van der Waals surface area contributed by atoms with Gasteiger partial charge in [0.1, 0.15) is 0 Å². The molecular formula is C15H26N2O3. The first kappa shape index (κ1) is 15.3. The number of piperidine rings is 1. The normalized spacial score (nSPS) is 34.5. The first-order valence-corrected chi connectivity index (χ1v) is 7.82. The summed E-state index contributed by atoms with van der Waals surface area (Å²) in [4.78, 5) is 23.4. The lowest BCUT2D eigenvalue weighted by atomic mass is 9.79. The zero-order valence-corrected chi connectivity index (χ0v) is 12.2. The van der Waals surface area contributed by atoms with Crippen LogP contribution in [0.25, 0.3) is 0 Å². The molecule has 0 radical (unpaired) electrons. The number of hydrogen-bond acceptors (Lipinski definition) is 3. The SMILES string of the molecule is CC1CC(C(=O)NCC2CCCCC2C(=O)O)CCN1. The van der Waals surface area contributed by atoms with Crippen LogP contribution in [0.3, 0.4) is 0 Å². The van der Waals surface area contributed by atoms with Crippen LogP contribution in [0.1, 0.15) is 45.4 Å². The van der Waals surface area contributed by atoms with Crippen molar-refractivity contribution in [1.82, 2.24) is 10.6 Å². The molecule has 2 fully saturated rings. The molecule has 0 spiro atoms. The maximum absolute atomic E-state index is 12.2. The first-order valence-electron chi connectivity index (χ1n) is 7.82. The van der Waals surface area contributed by atoms with Crippen molar-refractivity contribution >= 4 is 11.9 Å². The Hall–Kier alpha value is -1.10. The molecule has 2 rings (SSSR count). The molecule has 2 aliphatic rings. The number of carbonyl (C=O) groups is 2. The monoisotopic (exact) mass is 282 g/mol. The summed E-state index contributed by atoms with van der Waals surface area (Å²) in [5, 5.41) is 15.6. The molecule has 1 amide bonds. The maximum Gasteiger partial charge on any atom is 0.306 e. The van der Waals surface area contributed by atoms with E-state index in [1.807, 2.05) is 0 Å². The van der Waals surface area contributed by atoms with E-state index in [1.165, 1.54) is 0 Å². The third-order valence-electron chi connectivity index (χ3n) is 4.76. The van der Waals surface area contributed by atoms with Gasteiger partial charge in [0.15, 0.2) is 0 Å². The fourth-order valence-corrected chi connectivity index (χ4v) is 3.52. The maximum atomic E-state index is 12.2. The minimum atomic E-state index is -0.709. The molecule has 0 aromatic heterocycles. The standard InChI is InChI=1S/C15H26N2O3/c1-10-8-11(6-7-16-10)14(18)17-9-12-4-2-3-5-13(12)15(19)20/h10-13,16H,2-9H2,1H3,(H,17,18)(H,19,20). The number of carbonyl (C=O) groups excluding carboxylic acids is 1. The van der Waals surface area contributed by atoms with Crippen LogP contribution in [-0.2, 0) is 9.59 Å². The van der Waals surface area contributed by atoms with Crippen molar-refractivity contribution in [2.24, 2.45) is 17.8 Å². The van der Waals surface area contributed by atoms with Gasteiger partial charge in [-0.3, -0.25) is 9.59 Å². The molecule has 0 aromatic rings. The van der Waals surface area contributed by atoms with Crippen molar-refractivity contribution in [3.05, 3.63) is 0 Å². The molecule has 3 N–H and O–H groups in total. The zero-order chi connectivity index (χ0) is 14.5. The van der Waals surface area contributed by atoms with Crippen molar-refractivity contribution in [2.75, 3.05) is 13.1 Å². The van der Waals surface area contributed by atoms with E-state index < -0.39 is 5.97 Å². The van der Waals surface area contributed by atoms with E-state index in [-0.39, 0.29) is 23.7 Å². The van der Waals surface area contributed by atoms with Crippen LogP contribution in [0, 0.1) is 17.8 Å². The second-order valence-electron chi connectivity index (χ2n) is 6.31. The molecule has 4 unspecified atom stereocenters. The highest BCUT2D eigenvalue weighted by molar-refractivity contribution is 5.79. The number of carboxylic acids is 1. The van der Waals surface area contributed by atoms with Gasteiger partial charge in [-0.1, -0.05) is 12.8 Å². The predicted octanol–water partition coefficient (Wildman–Crippen LogP) is 1.38. The Kier molecular flexibility index (Phi) is 5.40. The Morgan fingerprint density at radius 1 is 1.25 bits per heavy atom. The van der Waals surface area contributed by atoms with Gasteiger partial charge in [0.25, 0.3) is 0 Å². The molecule has 20 heavy (non-hydrogen) atoms. The van der Waals surface area contributed by atoms with Gasteiger partial charge >= 0.3 is 5.97 Å². The fraction of sp³-hybridized carbons (Fsp3) is 0.867. The lowest BCUT2D eigenvalue weighted by molar-refractivity contribution is -0.145. The van der Waals surface area contributed by atoms with Crippen molar-refractivity contribution in [2.45, 2.75) is 51.5 Å². The predicted molar refractivity (Wildman–Crippen MR) is 76.3 cm³/mol. The molecule has 114 valence electrons. The molecule has 1 aliphatic heterocycles. The minimum Gasteiger partial charge on any atom is -0.481 e. The van der Waals surface area contributed by atoms with Gasteiger partial charge in [0.2, 0.25) is 5.91 Å². The van der Waals surface area contributed by atoms with Gasteiger partial charge in [-0.2, -0.15) is 0 Å². The van der Waals surface area contributed by atoms with Gasteiger partial charge in [0, 0.05) is 18.5 Å². The van der Waals surface area contributed by atoms with E-state index in [0.29, 0.717) is 12.6 Å². The summed E-state index contributed by atoms with van der Waals surface area (Å²) in [6.45, 7) is 3.51.